The van der Waals surface area contributed by atoms with Gasteiger partial charge in [0, 0.05) is 25.5 Å². The summed E-state index contributed by atoms with van der Waals surface area (Å²) in [5, 5.41) is 0. The van der Waals surface area contributed by atoms with Crippen molar-refractivity contribution in [1.29, 1.82) is 0 Å². The molecule has 1 aliphatic heterocycles. The van der Waals surface area contributed by atoms with Gasteiger partial charge in [0.1, 0.15) is 11.8 Å². The molecule has 1 saturated heterocycles. The number of nitrogens with two attached hydrogens (primary N) is 1. The smallest absolute Gasteiger partial charge is 0.137 e. The number of ether oxygens (including phenoxy) is 1. The van der Waals surface area contributed by atoms with Gasteiger partial charge in [-0.2, -0.15) is 0 Å². The van der Waals surface area contributed by atoms with Crippen LogP contribution in [0.25, 0.3) is 5.65 Å². The topological polar surface area (TPSA) is 52.5 Å². The van der Waals surface area contributed by atoms with Crippen LogP contribution in [-0.4, -0.2) is 16.0 Å². The van der Waals surface area contributed by atoms with Crippen molar-refractivity contribution in [2.45, 2.75) is 25.5 Å². The highest BCUT2D eigenvalue weighted by atomic mass is 16.5. The molecule has 0 aliphatic carbocycles. The normalized spacial score (nSPS) is 20.7. The lowest BCUT2D eigenvalue weighted by Crippen LogP contribution is -1.96. The van der Waals surface area contributed by atoms with Gasteiger partial charge in [-0.15, -0.1) is 0 Å². The van der Waals surface area contributed by atoms with Crippen LogP contribution in [0.15, 0.2) is 24.5 Å². The molecule has 0 aromatic carbocycles. The number of nitrogens with zero attached hydrogens (tertiary/aromatic N) is 2. The van der Waals surface area contributed by atoms with Gasteiger partial charge in [0.15, 0.2) is 0 Å². The minimum Gasteiger partial charge on any atom is -0.372 e. The first-order valence-corrected chi connectivity index (χ1v) is 5.66. The van der Waals surface area contributed by atoms with E-state index in [2.05, 4.69) is 4.98 Å². The molecule has 3 rings (SSSR count). The number of rotatable bonds is 2. The summed E-state index contributed by atoms with van der Waals surface area (Å²) >= 11 is 0. The molecule has 3 heterocycles. The molecule has 0 saturated carbocycles. The second kappa shape index (κ2) is 3.88. The molecule has 2 aromatic rings. The maximum absolute atomic E-state index is 5.62. The van der Waals surface area contributed by atoms with Gasteiger partial charge in [-0.1, -0.05) is 0 Å². The largest absolute Gasteiger partial charge is 0.372 e. The highest BCUT2D eigenvalue weighted by Crippen LogP contribution is 2.27. The minimum atomic E-state index is 0.182. The summed E-state index contributed by atoms with van der Waals surface area (Å²) in [6.07, 6.45) is 6.44. The molecular formula is C12H15N3O. The fourth-order valence-electron chi connectivity index (χ4n) is 2.14. The van der Waals surface area contributed by atoms with Gasteiger partial charge in [-0.25, -0.2) is 4.98 Å². The highest BCUT2D eigenvalue weighted by molar-refractivity contribution is 5.43. The molecule has 1 unspecified atom stereocenters. The van der Waals surface area contributed by atoms with E-state index in [1.165, 1.54) is 0 Å². The standard InChI is InChI=1S/C12H15N3O/c13-7-9-3-4-15-8-10(14-12(15)6-9)11-2-1-5-16-11/h3-4,6,8,11H,1-2,5,7,13H2. The molecule has 1 atom stereocenters. The highest BCUT2D eigenvalue weighted by Gasteiger charge is 2.20. The Hall–Kier alpha value is -1.39. The number of pyridine rings is 1. The van der Waals surface area contributed by atoms with Crippen LogP contribution in [-0.2, 0) is 11.3 Å². The van der Waals surface area contributed by atoms with E-state index < -0.39 is 0 Å². The fourth-order valence-corrected chi connectivity index (χ4v) is 2.14. The van der Waals surface area contributed by atoms with Crippen LogP contribution in [0.5, 0.6) is 0 Å². The molecule has 0 amide bonds. The number of aromatic nitrogens is 2. The van der Waals surface area contributed by atoms with Crippen LogP contribution < -0.4 is 5.73 Å². The third kappa shape index (κ3) is 1.60. The Kier molecular flexibility index (Phi) is 2.38. The van der Waals surface area contributed by atoms with Crippen molar-refractivity contribution < 1.29 is 4.74 Å². The first-order valence-electron chi connectivity index (χ1n) is 5.66. The van der Waals surface area contributed by atoms with Gasteiger partial charge in [-0.3, -0.25) is 0 Å². The van der Waals surface area contributed by atoms with Crippen LogP contribution in [0.1, 0.15) is 30.2 Å². The number of imidazole rings is 1. The van der Waals surface area contributed by atoms with Crippen molar-refractivity contribution in [1.82, 2.24) is 9.38 Å². The molecule has 0 spiro atoms. The minimum absolute atomic E-state index is 0.182. The lowest BCUT2D eigenvalue weighted by Gasteiger charge is -2.03. The maximum atomic E-state index is 5.62. The summed E-state index contributed by atoms with van der Waals surface area (Å²) in [6.45, 7) is 1.41. The Morgan fingerprint density at radius 3 is 3.25 bits per heavy atom. The van der Waals surface area contributed by atoms with Gasteiger partial charge >= 0.3 is 0 Å². The lowest BCUT2D eigenvalue weighted by atomic mass is 10.2. The number of fused-ring (bicyclic) bond motifs is 1. The Balaban J connectivity index is 2.01. The third-order valence-electron chi connectivity index (χ3n) is 3.04. The molecule has 16 heavy (non-hydrogen) atoms. The second-order valence-electron chi connectivity index (χ2n) is 4.17. The molecule has 2 aromatic heterocycles. The molecule has 1 aliphatic rings. The lowest BCUT2D eigenvalue weighted by molar-refractivity contribution is 0.109. The molecule has 2 N–H and O–H groups in total. The van der Waals surface area contributed by atoms with Crippen molar-refractivity contribution in [3.8, 4) is 0 Å². The average molecular weight is 217 g/mol. The zero-order valence-electron chi connectivity index (χ0n) is 9.10. The van der Waals surface area contributed by atoms with E-state index in [4.69, 9.17) is 10.5 Å². The van der Waals surface area contributed by atoms with Crippen molar-refractivity contribution >= 4 is 5.65 Å². The maximum Gasteiger partial charge on any atom is 0.137 e. The summed E-state index contributed by atoms with van der Waals surface area (Å²) in [5.41, 5.74) is 8.70. The number of hydrogen-bond acceptors (Lipinski definition) is 3. The second-order valence-corrected chi connectivity index (χ2v) is 4.17. The SMILES string of the molecule is NCc1ccn2cc(C3CCCO3)nc2c1. The molecule has 4 nitrogen and oxygen atoms in total. The molecule has 84 valence electrons. The summed E-state index contributed by atoms with van der Waals surface area (Å²) in [7, 11) is 0. The van der Waals surface area contributed by atoms with Crippen molar-refractivity contribution in [3.05, 3.63) is 35.8 Å². The van der Waals surface area contributed by atoms with E-state index >= 15 is 0 Å². The molecular weight excluding hydrogens is 202 g/mol. The van der Waals surface area contributed by atoms with E-state index in [0.717, 1.165) is 36.4 Å². The first-order chi connectivity index (χ1) is 7.86. The van der Waals surface area contributed by atoms with E-state index in [-0.39, 0.29) is 6.10 Å². The molecule has 4 heteroatoms. The summed E-state index contributed by atoms with van der Waals surface area (Å²) in [5.74, 6) is 0. The summed E-state index contributed by atoms with van der Waals surface area (Å²) in [4.78, 5) is 4.59. The first kappa shape index (κ1) is 9.81. The van der Waals surface area contributed by atoms with Gasteiger partial charge in [0.25, 0.3) is 0 Å². The van der Waals surface area contributed by atoms with Crippen LogP contribution >= 0.6 is 0 Å². The Bertz CT molecular complexity index is 500. The Labute approximate surface area is 94.0 Å². The van der Waals surface area contributed by atoms with Crippen molar-refractivity contribution in [2.75, 3.05) is 6.61 Å². The van der Waals surface area contributed by atoms with E-state index in [1.54, 1.807) is 0 Å². The van der Waals surface area contributed by atoms with Crippen LogP contribution in [0.2, 0.25) is 0 Å². The predicted octanol–water partition coefficient (Wildman–Crippen LogP) is 1.64. The zero-order valence-corrected chi connectivity index (χ0v) is 9.10. The molecule has 0 bridgehead atoms. The third-order valence-corrected chi connectivity index (χ3v) is 3.04. The fraction of sp³-hybridized carbons (Fsp3) is 0.417. The van der Waals surface area contributed by atoms with E-state index in [9.17, 15) is 0 Å². The number of hydrogen-bond donors (Lipinski definition) is 1. The van der Waals surface area contributed by atoms with Gasteiger partial charge in [-0.05, 0) is 30.5 Å². The summed E-state index contributed by atoms with van der Waals surface area (Å²) < 4.78 is 7.65. The zero-order chi connectivity index (χ0) is 11.0. The van der Waals surface area contributed by atoms with Crippen LogP contribution in [0, 0.1) is 0 Å². The monoisotopic (exact) mass is 217 g/mol. The Morgan fingerprint density at radius 2 is 2.50 bits per heavy atom. The Morgan fingerprint density at radius 1 is 1.56 bits per heavy atom. The van der Waals surface area contributed by atoms with Gasteiger partial charge in [0.05, 0.1) is 5.69 Å². The van der Waals surface area contributed by atoms with Crippen LogP contribution in [0.3, 0.4) is 0 Å². The van der Waals surface area contributed by atoms with Crippen LogP contribution in [0.4, 0.5) is 0 Å². The average Bonchev–Trinajstić information content (AvgIpc) is 2.96. The molecule has 1 fully saturated rings. The quantitative estimate of drug-likeness (QED) is 0.832. The van der Waals surface area contributed by atoms with Crippen molar-refractivity contribution in [2.24, 2.45) is 5.73 Å². The predicted molar refractivity (Wildman–Crippen MR) is 61.0 cm³/mol. The summed E-state index contributed by atoms with van der Waals surface area (Å²) in [6, 6.07) is 4.05. The van der Waals surface area contributed by atoms with Gasteiger partial charge < -0.3 is 14.9 Å². The molecule has 0 radical (unpaired) electrons. The van der Waals surface area contributed by atoms with E-state index in [1.807, 2.05) is 28.9 Å². The van der Waals surface area contributed by atoms with Gasteiger partial charge in [0.2, 0.25) is 0 Å². The van der Waals surface area contributed by atoms with Crippen molar-refractivity contribution in [3.63, 3.8) is 0 Å². The van der Waals surface area contributed by atoms with E-state index in [0.29, 0.717) is 6.54 Å².